The van der Waals surface area contributed by atoms with Gasteiger partial charge in [-0.2, -0.15) is 0 Å². The lowest BCUT2D eigenvalue weighted by Gasteiger charge is -2.08. The zero-order valence-corrected chi connectivity index (χ0v) is 13.3. The second kappa shape index (κ2) is 6.88. The molecule has 0 aliphatic heterocycles. The van der Waals surface area contributed by atoms with Gasteiger partial charge in [-0.1, -0.05) is 18.2 Å². The summed E-state index contributed by atoms with van der Waals surface area (Å²) in [5.41, 5.74) is 4.95. The fourth-order valence-corrected chi connectivity index (χ4v) is 2.35. The predicted molar refractivity (Wildman–Crippen MR) is 92.5 cm³/mol. The van der Waals surface area contributed by atoms with E-state index in [0.717, 1.165) is 0 Å². The number of hydrogen-bond donors (Lipinski definition) is 3. The van der Waals surface area contributed by atoms with Crippen LogP contribution in [0.4, 0.5) is 0 Å². The van der Waals surface area contributed by atoms with Gasteiger partial charge in [0.1, 0.15) is 11.3 Å². The Bertz CT molecular complexity index is 1010. The number of hydrazine groups is 1. The van der Waals surface area contributed by atoms with Gasteiger partial charge in [-0.15, -0.1) is 0 Å². The van der Waals surface area contributed by atoms with Crippen molar-refractivity contribution in [3.05, 3.63) is 76.1 Å². The number of aromatic nitrogens is 1. The molecule has 0 aliphatic rings. The Hall–Kier alpha value is -3.61. The van der Waals surface area contributed by atoms with E-state index in [-0.39, 0.29) is 5.56 Å². The van der Waals surface area contributed by atoms with Crippen LogP contribution in [0.5, 0.6) is 5.75 Å². The van der Waals surface area contributed by atoms with E-state index < -0.39 is 17.2 Å². The van der Waals surface area contributed by atoms with Crippen molar-refractivity contribution in [3.63, 3.8) is 0 Å². The molecule has 0 bridgehead atoms. The molecule has 3 rings (SSSR count). The Balaban J connectivity index is 1.75. The van der Waals surface area contributed by atoms with Gasteiger partial charge in [0, 0.05) is 22.7 Å². The van der Waals surface area contributed by atoms with Gasteiger partial charge in [0.25, 0.3) is 11.8 Å². The number of benzene rings is 2. The minimum Gasteiger partial charge on any atom is -0.497 e. The van der Waals surface area contributed by atoms with Crippen molar-refractivity contribution in [2.75, 3.05) is 7.11 Å². The van der Waals surface area contributed by atoms with Crippen LogP contribution in [-0.2, 0) is 0 Å². The Labute approximate surface area is 142 Å². The van der Waals surface area contributed by atoms with Gasteiger partial charge in [-0.05, 0) is 30.3 Å². The molecule has 1 heterocycles. The van der Waals surface area contributed by atoms with Crippen molar-refractivity contribution < 1.29 is 14.3 Å². The van der Waals surface area contributed by atoms with Crippen LogP contribution in [0.15, 0.2) is 59.5 Å². The van der Waals surface area contributed by atoms with E-state index in [2.05, 4.69) is 15.8 Å². The van der Waals surface area contributed by atoms with E-state index >= 15 is 0 Å². The summed E-state index contributed by atoms with van der Waals surface area (Å²) in [5, 5.41) is 0.397. The summed E-state index contributed by atoms with van der Waals surface area (Å²) >= 11 is 0. The Morgan fingerprint density at radius 2 is 1.76 bits per heavy atom. The molecule has 2 aromatic carbocycles. The van der Waals surface area contributed by atoms with E-state index in [4.69, 9.17) is 4.74 Å². The first kappa shape index (κ1) is 16.3. The van der Waals surface area contributed by atoms with E-state index in [9.17, 15) is 14.4 Å². The highest BCUT2D eigenvalue weighted by Crippen LogP contribution is 2.12. The molecule has 0 aliphatic carbocycles. The Morgan fingerprint density at radius 3 is 2.56 bits per heavy atom. The summed E-state index contributed by atoms with van der Waals surface area (Å²) in [5.74, 6) is -0.710. The van der Waals surface area contributed by atoms with Crippen LogP contribution in [0.2, 0.25) is 0 Å². The fourth-order valence-electron chi connectivity index (χ4n) is 2.35. The maximum absolute atomic E-state index is 12.4. The lowest BCUT2D eigenvalue weighted by Crippen LogP contribution is -2.43. The lowest BCUT2D eigenvalue weighted by molar-refractivity contribution is 0.0846. The molecule has 126 valence electrons. The van der Waals surface area contributed by atoms with Crippen LogP contribution in [0.1, 0.15) is 20.7 Å². The van der Waals surface area contributed by atoms with Gasteiger partial charge in [-0.3, -0.25) is 25.2 Å². The van der Waals surface area contributed by atoms with Crippen molar-refractivity contribution in [1.82, 2.24) is 15.8 Å². The van der Waals surface area contributed by atoms with Crippen LogP contribution in [-0.4, -0.2) is 23.9 Å². The summed E-state index contributed by atoms with van der Waals surface area (Å²) in [6.45, 7) is 0. The van der Waals surface area contributed by atoms with E-state index in [1.807, 2.05) is 0 Å². The van der Waals surface area contributed by atoms with Gasteiger partial charge in [0.05, 0.1) is 7.11 Å². The maximum Gasteiger partial charge on any atom is 0.275 e. The first-order valence-electron chi connectivity index (χ1n) is 7.45. The molecule has 7 nitrogen and oxygen atoms in total. The normalized spacial score (nSPS) is 10.3. The summed E-state index contributed by atoms with van der Waals surface area (Å²) < 4.78 is 5.04. The average Bonchev–Trinajstić information content (AvgIpc) is 2.66. The largest absolute Gasteiger partial charge is 0.497 e. The highest BCUT2D eigenvalue weighted by Gasteiger charge is 2.14. The van der Waals surface area contributed by atoms with E-state index in [1.54, 1.807) is 42.5 Å². The molecular weight excluding hydrogens is 322 g/mol. The van der Waals surface area contributed by atoms with Gasteiger partial charge >= 0.3 is 0 Å². The van der Waals surface area contributed by atoms with E-state index in [0.29, 0.717) is 22.2 Å². The molecule has 2 amide bonds. The Morgan fingerprint density at radius 1 is 1.00 bits per heavy atom. The zero-order valence-electron chi connectivity index (χ0n) is 13.3. The number of para-hydroxylation sites is 1. The molecule has 0 fully saturated rings. The molecule has 0 saturated carbocycles. The Kier molecular flexibility index (Phi) is 4.47. The summed E-state index contributed by atoms with van der Waals surface area (Å²) in [4.78, 5) is 39.5. The minimum absolute atomic E-state index is 0.0929. The fraction of sp³-hybridized carbons (Fsp3) is 0.0556. The second-order valence-corrected chi connectivity index (χ2v) is 5.22. The predicted octanol–water partition coefficient (Wildman–Crippen LogP) is 1.61. The monoisotopic (exact) mass is 337 g/mol. The van der Waals surface area contributed by atoms with Crippen molar-refractivity contribution in [2.45, 2.75) is 0 Å². The van der Waals surface area contributed by atoms with Crippen LogP contribution < -0.4 is 21.0 Å². The highest BCUT2D eigenvalue weighted by atomic mass is 16.5. The number of amides is 2. The molecule has 7 heteroatoms. The number of nitrogens with one attached hydrogen (secondary N) is 3. The number of methoxy groups -OCH3 is 1. The molecule has 0 atom stereocenters. The first-order chi connectivity index (χ1) is 12.1. The van der Waals surface area contributed by atoms with E-state index in [1.165, 1.54) is 19.4 Å². The molecule has 1 aromatic heterocycles. The number of hydrogen-bond acceptors (Lipinski definition) is 4. The van der Waals surface area contributed by atoms with Crippen LogP contribution in [0.25, 0.3) is 10.9 Å². The molecule has 3 aromatic rings. The molecule has 3 N–H and O–H groups in total. The van der Waals surface area contributed by atoms with Gasteiger partial charge < -0.3 is 9.72 Å². The van der Waals surface area contributed by atoms with Crippen molar-refractivity contribution in [2.24, 2.45) is 0 Å². The topological polar surface area (TPSA) is 100 Å². The highest BCUT2D eigenvalue weighted by molar-refractivity contribution is 6.00. The molecule has 0 unspecified atom stereocenters. The molecule has 0 spiro atoms. The third-order valence-corrected chi connectivity index (χ3v) is 3.65. The number of H-pyrrole nitrogens is 1. The number of rotatable bonds is 3. The summed E-state index contributed by atoms with van der Waals surface area (Å²) in [7, 11) is 1.49. The number of ether oxygens (including phenoxy) is 1. The molecule has 25 heavy (non-hydrogen) atoms. The third-order valence-electron chi connectivity index (χ3n) is 3.65. The maximum atomic E-state index is 12.4. The lowest BCUT2D eigenvalue weighted by atomic mass is 10.1. The van der Waals surface area contributed by atoms with Crippen molar-refractivity contribution >= 4 is 22.7 Å². The molecule has 0 radical (unpaired) electrons. The minimum atomic E-state index is -0.705. The number of carbonyl (C=O) groups excluding carboxylic acids is 2. The number of carbonyl (C=O) groups is 2. The zero-order chi connectivity index (χ0) is 17.8. The smallest absolute Gasteiger partial charge is 0.275 e. The number of aromatic amines is 1. The SMILES string of the molecule is COc1cccc(C(=O)NNC(=O)c2c[nH]c3ccccc3c2=O)c1. The van der Waals surface area contributed by atoms with Crippen molar-refractivity contribution in [1.29, 1.82) is 0 Å². The average molecular weight is 337 g/mol. The molecule has 0 saturated heterocycles. The standard InChI is InChI=1S/C18H15N3O4/c1-25-12-6-4-5-11(9-12)17(23)20-21-18(24)14-10-19-15-8-3-2-7-13(15)16(14)22/h2-10H,1H3,(H,19,22)(H,20,23)(H,21,24). The van der Waals surface area contributed by atoms with Crippen molar-refractivity contribution in [3.8, 4) is 5.75 Å². The van der Waals surface area contributed by atoms with Crippen LogP contribution >= 0.6 is 0 Å². The summed E-state index contributed by atoms with van der Waals surface area (Å²) in [6, 6.07) is 13.3. The van der Waals surface area contributed by atoms with Gasteiger partial charge in [0.2, 0.25) is 5.43 Å². The van der Waals surface area contributed by atoms with Crippen LogP contribution in [0, 0.1) is 0 Å². The second-order valence-electron chi connectivity index (χ2n) is 5.22. The number of pyridine rings is 1. The number of fused-ring (bicyclic) bond motifs is 1. The van der Waals surface area contributed by atoms with Crippen LogP contribution in [0.3, 0.4) is 0 Å². The van der Waals surface area contributed by atoms with Gasteiger partial charge in [-0.25, -0.2) is 0 Å². The first-order valence-corrected chi connectivity index (χ1v) is 7.45. The summed E-state index contributed by atoms with van der Waals surface area (Å²) in [6.07, 6.45) is 1.32. The molecular formula is C18H15N3O4. The van der Waals surface area contributed by atoms with Gasteiger partial charge in [0.15, 0.2) is 0 Å². The third kappa shape index (κ3) is 3.35. The quantitative estimate of drug-likeness (QED) is 0.632.